The first kappa shape index (κ1) is 15.7. The lowest BCUT2D eigenvalue weighted by Gasteiger charge is -2.22. The summed E-state index contributed by atoms with van der Waals surface area (Å²) in [7, 11) is 1.59. The Morgan fingerprint density at radius 3 is 2.57 bits per heavy atom. The van der Waals surface area contributed by atoms with Crippen molar-refractivity contribution in [2.24, 2.45) is 0 Å². The summed E-state index contributed by atoms with van der Waals surface area (Å²) in [6.07, 6.45) is 6.88. The van der Waals surface area contributed by atoms with Crippen LogP contribution in [0.15, 0.2) is 24.3 Å². The number of fused-ring (bicyclic) bond motifs is 1. The van der Waals surface area contributed by atoms with Gasteiger partial charge in [0, 0.05) is 18.9 Å². The molecule has 1 saturated carbocycles. The maximum absolute atomic E-state index is 12.1. The molecule has 0 saturated heterocycles. The van der Waals surface area contributed by atoms with Crippen LogP contribution in [0.5, 0.6) is 5.88 Å². The Morgan fingerprint density at radius 1 is 1.17 bits per heavy atom. The van der Waals surface area contributed by atoms with Gasteiger partial charge in [-0.2, -0.15) is 0 Å². The summed E-state index contributed by atoms with van der Waals surface area (Å²) in [6, 6.07) is 8.04. The molecule has 0 spiro atoms. The van der Waals surface area contributed by atoms with E-state index < -0.39 is 0 Å². The number of hydrogen-bond acceptors (Lipinski definition) is 4. The lowest BCUT2D eigenvalue weighted by atomic mass is 9.95. The zero-order valence-corrected chi connectivity index (χ0v) is 13.5. The number of methoxy groups -OCH3 is 1. The molecular weight excluding hydrogens is 290 g/mol. The highest BCUT2D eigenvalue weighted by atomic mass is 16.5. The van der Waals surface area contributed by atoms with Gasteiger partial charge in [0.15, 0.2) is 0 Å². The first-order valence-corrected chi connectivity index (χ1v) is 8.35. The topological polar surface area (TPSA) is 64.1 Å². The molecule has 3 rings (SSSR count). The van der Waals surface area contributed by atoms with Crippen molar-refractivity contribution in [3.8, 4) is 5.88 Å². The number of para-hydroxylation sites is 2. The van der Waals surface area contributed by atoms with Crippen molar-refractivity contribution < 1.29 is 9.53 Å². The normalized spacial score (nSPS) is 15.5. The third-order valence-corrected chi connectivity index (χ3v) is 4.36. The number of amides is 1. The maximum Gasteiger partial charge on any atom is 0.235 e. The van der Waals surface area contributed by atoms with Crippen LogP contribution in [-0.2, 0) is 11.2 Å². The summed E-state index contributed by atoms with van der Waals surface area (Å²) in [5.74, 6) is 0.600. The molecule has 1 aliphatic rings. The second-order valence-electron chi connectivity index (χ2n) is 6.07. The Balaban J connectivity index is 1.64. The number of ether oxygens (including phenoxy) is 1. The van der Waals surface area contributed by atoms with Crippen LogP contribution >= 0.6 is 0 Å². The lowest BCUT2D eigenvalue weighted by molar-refractivity contribution is -0.122. The molecule has 0 atom stereocenters. The van der Waals surface area contributed by atoms with E-state index in [1.165, 1.54) is 19.3 Å². The van der Waals surface area contributed by atoms with Gasteiger partial charge in [0.25, 0.3) is 0 Å². The minimum Gasteiger partial charge on any atom is -0.480 e. The van der Waals surface area contributed by atoms with Crippen molar-refractivity contribution in [2.45, 2.75) is 51.0 Å². The zero-order chi connectivity index (χ0) is 16.1. The Bertz CT molecular complexity index is 681. The number of rotatable bonds is 5. The molecule has 2 aromatic rings. The Kier molecular flexibility index (Phi) is 5.05. The molecule has 1 fully saturated rings. The van der Waals surface area contributed by atoms with Crippen molar-refractivity contribution in [1.29, 1.82) is 0 Å². The van der Waals surface area contributed by atoms with Crippen LogP contribution in [0.3, 0.4) is 0 Å². The van der Waals surface area contributed by atoms with Gasteiger partial charge in [0.05, 0.1) is 18.1 Å². The molecule has 5 heteroatoms. The highest BCUT2D eigenvalue weighted by molar-refractivity contribution is 5.77. The van der Waals surface area contributed by atoms with Crippen LogP contribution in [0.2, 0.25) is 0 Å². The smallest absolute Gasteiger partial charge is 0.235 e. The van der Waals surface area contributed by atoms with Crippen LogP contribution in [0.1, 0.15) is 44.2 Å². The number of benzene rings is 1. The Morgan fingerprint density at radius 2 is 1.87 bits per heavy atom. The highest BCUT2D eigenvalue weighted by Gasteiger charge is 2.17. The third-order valence-electron chi connectivity index (χ3n) is 4.36. The van der Waals surface area contributed by atoms with Gasteiger partial charge in [-0.05, 0) is 25.0 Å². The minimum atomic E-state index is 0.0916. The number of carbonyl (C=O) groups is 1. The van der Waals surface area contributed by atoms with Crippen molar-refractivity contribution in [1.82, 2.24) is 15.3 Å². The molecule has 1 heterocycles. The molecule has 122 valence electrons. The summed E-state index contributed by atoms with van der Waals surface area (Å²) >= 11 is 0. The lowest BCUT2D eigenvalue weighted by Crippen LogP contribution is -2.36. The molecule has 0 radical (unpaired) electrons. The molecule has 1 aromatic heterocycles. The van der Waals surface area contributed by atoms with Gasteiger partial charge < -0.3 is 10.1 Å². The van der Waals surface area contributed by atoms with E-state index in [0.29, 0.717) is 24.8 Å². The molecule has 1 amide bonds. The maximum atomic E-state index is 12.1. The fraction of sp³-hybridized carbons (Fsp3) is 0.500. The van der Waals surface area contributed by atoms with E-state index in [-0.39, 0.29) is 5.91 Å². The van der Waals surface area contributed by atoms with Gasteiger partial charge in [-0.1, -0.05) is 31.4 Å². The molecule has 23 heavy (non-hydrogen) atoms. The van der Waals surface area contributed by atoms with Crippen LogP contribution in [0.4, 0.5) is 0 Å². The van der Waals surface area contributed by atoms with Crippen molar-refractivity contribution >= 4 is 16.9 Å². The average molecular weight is 313 g/mol. The van der Waals surface area contributed by atoms with Gasteiger partial charge >= 0.3 is 0 Å². The number of aromatic nitrogens is 2. The van der Waals surface area contributed by atoms with E-state index >= 15 is 0 Å². The third kappa shape index (κ3) is 3.97. The van der Waals surface area contributed by atoms with E-state index in [0.717, 1.165) is 29.6 Å². The van der Waals surface area contributed by atoms with Gasteiger partial charge in [-0.3, -0.25) is 4.79 Å². The highest BCUT2D eigenvalue weighted by Crippen LogP contribution is 2.20. The van der Waals surface area contributed by atoms with Gasteiger partial charge in [0.2, 0.25) is 11.8 Å². The van der Waals surface area contributed by atoms with E-state index in [1.807, 2.05) is 24.3 Å². The van der Waals surface area contributed by atoms with Crippen LogP contribution in [0, 0.1) is 0 Å². The van der Waals surface area contributed by atoms with Crippen LogP contribution < -0.4 is 10.1 Å². The number of carbonyl (C=O) groups excluding carboxylic acids is 1. The molecule has 1 N–H and O–H groups in total. The minimum absolute atomic E-state index is 0.0916. The number of nitrogens with one attached hydrogen (secondary N) is 1. The molecule has 1 aromatic carbocycles. The zero-order valence-electron chi connectivity index (χ0n) is 13.5. The van der Waals surface area contributed by atoms with Crippen molar-refractivity contribution in [3.05, 3.63) is 30.0 Å². The first-order valence-electron chi connectivity index (χ1n) is 8.35. The second kappa shape index (κ2) is 7.40. The predicted octanol–water partition coefficient (Wildman–Crippen LogP) is 3.02. The molecule has 0 bridgehead atoms. The summed E-state index contributed by atoms with van der Waals surface area (Å²) in [5, 5.41) is 3.14. The van der Waals surface area contributed by atoms with E-state index in [1.54, 1.807) is 7.11 Å². The largest absolute Gasteiger partial charge is 0.480 e. The fourth-order valence-corrected chi connectivity index (χ4v) is 3.13. The standard InChI is InChI=1S/C18H23N3O2/c1-23-18-16(20-14-9-5-6-10-15(14)21-18)11-12-17(22)19-13-7-3-2-4-8-13/h5-6,9-10,13H,2-4,7-8,11-12H2,1H3,(H,19,22). The average Bonchev–Trinajstić information content (AvgIpc) is 2.60. The quantitative estimate of drug-likeness (QED) is 0.921. The molecular formula is C18H23N3O2. The summed E-state index contributed by atoms with van der Waals surface area (Å²) in [5.41, 5.74) is 2.38. The number of aryl methyl sites for hydroxylation is 1. The number of hydrogen-bond donors (Lipinski definition) is 1. The summed E-state index contributed by atoms with van der Waals surface area (Å²) in [4.78, 5) is 21.2. The molecule has 1 aliphatic carbocycles. The predicted molar refractivity (Wildman–Crippen MR) is 89.4 cm³/mol. The Hall–Kier alpha value is -2.17. The Labute approximate surface area is 136 Å². The molecule has 0 unspecified atom stereocenters. The van der Waals surface area contributed by atoms with Crippen molar-refractivity contribution in [2.75, 3.05) is 7.11 Å². The SMILES string of the molecule is COc1nc2ccccc2nc1CCC(=O)NC1CCCCC1. The van der Waals surface area contributed by atoms with Crippen LogP contribution in [-0.4, -0.2) is 29.0 Å². The van der Waals surface area contributed by atoms with E-state index in [9.17, 15) is 4.79 Å². The van der Waals surface area contributed by atoms with Gasteiger partial charge in [-0.25, -0.2) is 9.97 Å². The molecule has 0 aliphatic heterocycles. The second-order valence-corrected chi connectivity index (χ2v) is 6.07. The summed E-state index contributed by atoms with van der Waals surface area (Å²) < 4.78 is 5.33. The first-order chi connectivity index (χ1) is 11.3. The monoisotopic (exact) mass is 313 g/mol. The van der Waals surface area contributed by atoms with Crippen LogP contribution in [0.25, 0.3) is 11.0 Å². The van der Waals surface area contributed by atoms with Gasteiger partial charge in [-0.15, -0.1) is 0 Å². The summed E-state index contributed by atoms with van der Waals surface area (Å²) in [6.45, 7) is 0. The van der Waals surface area contributed by atoms with Gasteiger partial charge in [0.1, 0.15) is 5.69 Å². The molecule has 5 nitrogen and oxygen atoms in total. The number of nitrogens with zero attached hydrogens (tertiary/aromatic N) is 2. The fourth-order valence-electron chi connectivity index (χ4n) is 3.13. The van der Waals surface area contributed by atoms with E-state index in [4.69, 9.17) is 4.74 Å². The van der Waals surface area contributed by atoms with E-state index in [2.05, 4.69) is 15.3 Å². The van der Waals surface area contributed by atoms with Crippen molar-refractivity contribution in [3.63, 3.8) is 0 Å².